The van der Waals surface area contributed by atoms with E-state index >= 15 is 0 Å². The van der Waals surface area contributed by atoms with Gasteiger partial charge in [0.2, 0.25) is 5.88 Å². The molecule has 0 aliphatic carbocycles. The Morgan fingerprint density at radius 2 is 1.95 bits per heavy atom. The largest absolute Gasteiger partial charge is 0.435 e. The molecule has 0 unspecified atom stereocenters. The summed E-state index contributed by atoms with van der Waals surface area (Å²) in [5.74, 6) is 0.497. The molecule has 0 saturated carbocycles. The second-order valence-corrected chi connectivity index (χ2v) is 4.64. The number of ether oxygens (including phenoxy) is 1. The predicted molar refractivity (Wildman–Crippen MR) is 74.6 cm³/mol. The second-order valence-electron chi connectivity index (χ2n) is 3.82. The molecule has 1 aromatic heterocycles. The van der Waals surface area contributed by atoms with Crippen molar-refractivity contribution in [2.24, 2.45) is 0 Å². The molecule has 0 saturated heterocycles. The lowest BCUT2D eigenvalue weighted by atomic mass is 10.2. The number of nitrogens with zero attached hydrogens (tertiary/aromatic N) is 2. The van der Waals surface area contributed by atoms with E-state index < -0.39 is 0 Å². The monoisotopic (exact) mass is 293 g/mol. The number of hydrogen-bond donors (Lipinski definition) is 1. The van der Waals surface area contributed by atoms with Crippen LogP contribution in [0.5, 0.6) is 11.6 Å². The van der Waals surface area contributed by atoms with Crippen molar-refractivity contribution in [3.63, 3.8) is 0 Å². The van der Waals surface area contributed by atoms with Gasteiger partial charge in [-0.3, -0.25) is 0 Å². The van der Waals surface area contributed by atoms with E-state index in [1.54, 1.807) is 19.1 Å². The predicted octanol–water partition coefficient (Wildman–Crippen LogP) is 3.94. The number of anilines is 1. The quantitative estimate of drug-likeness (QED) is 0.851. The summed E-state index contributed by atoms with van der Waals surface area (Å²) in [4.78, 5) is 4.16. The van der Waals surface area contributed by atoms with Crippen molar-refractivity contribution in [2.75, 3.05) is 5.73 Å². The standard InChI is InChI=1S/C13H9Cl2N3O/c1-7-2-3-8(6-16)13(18-7)19-12-5-10(15)9(14)4-11(12)17/h2-5H,17H2,1H3. The maximum absolute atomic E-state index is 9.01. The Bertz CT molecular complexity index is 680. The first-order valence-electron chi connectivity index (χ1n) is 5.31. The summed E-state index contributed by atoms with van der Waals surface area (Å²) >= 11 is 11.7. The molecule has 2 rings (SSSR count). The maximum atomic E-state index is 9.01. The van der Waals surface area contributed by atoms with Gasteiger partial charge in [0.15, 0.2) is 5.75 Å². The molecule has 0 aliphatic rings. The summed E-state index contributed by atoms with van der Waals surface area (Å²) in [6.07, 6.45) is 0. The van der Waals surface area contributed by atoms with Crippen molar-refractivity contribution in [3.05, 3.63) is 45.6 Å². The van der Waals surface area contributed by atoms with Crippen molar-refractivity contribution >= 4 is 28.9 Å². The minimum Gasteiger partial charge on any atom is -0.435 e. The number of rotatable bonds is 2. The SMILES string of the molecule is Cc1ccc(C#N)c(Oc2cc(Cl)c(Cl)cc2N)n1. The molecular weight excluding hydrogens is 285 g/mol. The lowest BCUT2D eigenvalue weighted by Gasteiger charge is -2.10. The fourth-order valence-electron chi connectivity index (χ4n) is 1.43. The van der Waals surface area contributed by atoms with Gasteiger partial charge < -0.3 is 10.5 Å². The van der Waals surface area contributed by atoms with Crippen LogP contribution >= 0.6 is 23.2 Å². The van der Waals surface area contributed by atoms with Crippen LogP contribution in [0, 0.1) is 18.3 Å². The zero-order chi connectivity index (χ0) is 14.0. The molecular formula is C13H9Cl2N3O. The smallest absolute Gasteiger partial charge is 0.237 e. The summed E-state index contributed by atoms with van der Waals surface area (Å²) in [5, 5.41) is 9.66. The van der Waals surface area contributed by atoms with E-state index in [9.17, 15) is 0 Å². The minimum atomic E-state index is 0.188. The van der Waals surface area contributed by atoms with Crippen LogP contribution in [0.4, 0.5) is 5.69 Å². The first-order valence-corrected chi connectivity index (χ1v) is 6.07. The first kappa shape index (κ1) is 13.5. The molecule has 19 heavy (non-hydrogen) atoms. The third-order valence-corrected chi connectivity index (χ3v) is 3.10. The van der Waals surface area contributed by atoms with Crippen LogP contribution in [0.3, 0.4) is 0 Å². The van der Waals surface area contributed by atoms with Gasteiger partial charge >= 0.3 is 0 Å². The fraction of sp³-hybridized carbons (Fsp3) is 0.0769. The van der Waals surface area contributed by atoms with E-state index in [4.69, 9.17) is 38.9 Å². The number of hydrogen-bond acceptors (Lipinski definition) is 4. The van der Waals surface area contributed by atoms with E-state index in [0.29, 0.717) is 27.0 Å². The molecule has 0 bridgehead atoms. The molecule has 1 heterocycles. The van der Waals surface area contributed by atoms with E-state index in [1.807, 2.05) is 6.07 Å². The lowest BCUT2D eigenvalue weighted by Crippen LogP contribution is -1.97. The van der Waals surface area contributed by atoms with Gasteiger partial charge in [0.1, 0.15) is 11.6 Å². The second kappa shape index (κ2) is 5.35. The highest BCUT2D eigenvalue weighted by Gasteiger charge is 2.11. The number of pyridine rings is 1. The van der Waals surface area contributed by atoms with Gasteiger partial charge in [0, 0.05) is 11.8 Å². The molecule has 96 valence electrons. The van der Waals surface area contributed by atoms with Gasteiger partial charge in [0.25, 0.3) is 0 Å². The molecule has 2 N–H and O–H groups in total. The Hall–Kier alpha value is -1.96. The minimum absolute atomic E-state index is 0.188. The Morgan fingerprint density at radius 3 is 2.63 bits per heavy atom. The number of nitrogens with two attached hydrogens (primary N) is 1. The number of halogens is 2. The van der Waals surface area contributed by atoms with Crippen molar-refractivity contribution in [1.29, 1.82) is 5.26 Å². The number of nitriles is 1. The molecule has 6 heteroatoms. The Kier molecular flexibility index (Phi) is 3.79. The van der Waals surface area contributed by atoms with Crippen molar-refractivity contribution in [3.8, 4) is 17.7 Å². The van der Waals surface area contributed by atoms with E-state index in [0.717, 1.165) is 5.69 Å². The van der Waals surface area contributed by atoms with Crippen LogP contribution in [-0.2, 0) is 0 Å². The molecule has 4 nitrogen and oxygen atoms in total. The molecule has 0 radical (unpaired) electrons. The van der Waals surface area contributed by atoms with Crippen LogP contribution in [0.2, 0.25) is 10.0 Å². The lowest BCUT2D eigenvalue weighted by molar-refractivity contribution is 0.462. The Balaban J connectivity index is 2.45. The molecule has 0 amide bonds. The Labute approximate surface area is 120 Å². The van der Waals surface area contributed by atoms with E-state index in [2.05, 4.69) is 4.98 Å². The van der Waals surface area contributed by atoms with Gasteiger partial charge in [0.05, 0.1) is 15.7 Å². The zero-order valence-corrected chi connectivity index (χ0v) is 11.5. The highest BCUT2D eigenvalue weighted by atomic mass is 35.5. The van der Waals surface area contributed by atoms with Crippen LogP contribution < -0.4 is 10.5 Å². The number of nitrogen functional groups attached to an aromatic ring is 1. The van der Waals surface area contributed by atoms with Crippen LogP contribution in [-0.4, -0.2) is 4.98 Å². The molecule has 0 atom stereocenters. The topological polar surface area (TPSA) is 71.9 Å². The average Bonchev–Trinajstić information content (AvgIpc) is 2.36. The molecule has 0 aliphatic heterocycles. The van der Waals surface area contributed by atoms with Crippen LogP contribution in [0.25, 0.3) is 0 Å². The number of benzene rings is 1. The van der Waals surface area contributed by atoms with Gasteiger partial charge in [-0.15, -0.1) is 0 Å². The van der Waals surface area contributed by atoms with Crippen LogP contribution in [0.1, 0.15) is 11.3 Å². The first-order chi connectivity index (χ1) is 9.01. The number of aromatic nitrogens is 1. The highest BCUT2D eigenvalue weighted by molar-refractivity contribution is 6.42. The number of aryl methyl sites for hydroxylation is 1. The summed E-state index contributed by atoms with van der Waals surface area (Å²) < 4.78 is 5.55. The average molecular weight is 294 g/mol. The van der Waals surface area contributed by atoms with Gasteiger partial charge in [-0.1, -0.05) is 23.2 Å². The summed E-state index contributed by atoms with van der Waals surface area (Å²) in [7, 11) is 0. The van der Waals surface area contributed by atoms with Gasteiger partial charge in [-0.25, -0.2) is 4.98 Å². The van der Waals surface area contributed by atoms with E-state index in [-0.39, 0.29) is 5.88 Å². The normalized spacial score (nSPS) is 10.0. The van der Waals surface area contributed by atoms with Crippen molar-refractivity contribution < 1.29 is 4.74 Å². The van der Waals surface area contributed by atoms with Gasteiger partial charge in [-0.05, 0) is 25.1 Å². The zero-order valence-electron chi connectivity index (χ0n) is 9.95. The Morgan fingerprint density at radius 1 is 1.26 bits per heavy atom. The maximum Gasteiger partial charge on any atom is 0.237 e. The molecule has 0 spiro atoms. The third kappa shape index (κ3) is 2.90. The highest BCUT2D eigenvalue weighted by Crippen LogP contribution is 2.35. The molecule has 0 fully saturated rings. The summed E-state index contributed by atoms with van der Waals surface area (Å²) in [6, 6.07) is 8.33. The van der Waals surface area contributed by atoms with Crippen molar-refractivity contribution in [1.82, 2.24) is 4.98 Å². The van der Waals surface area contributed by atoms with Crippen LogP contribution in [0.15, 0.2) is 24.3 Å². The summed E-state index contributed by atoms with van der Waals surface area (Å²) in [5.41, 5.74) is 7.15. The summed E-state index contributed by atoms with van der Waals surface area (Å²) in [6.45, 7) is 1.80. The van der Waals surface area contributed by atoms with Crippen molar-refractivity contribution in [2.45, 2.75) is 6.92 Å². The van der Waals surface area contributed by atoms with Gasteiger partial charge in [-0.2, -0.15) is 5.26 Å². The fourth-order valence-corrected chi connectivity index (χ4v) is 1.76. The molecule has 2 aromatic rings. The molecule has 1 aromatic carbocycles. The van der Waals surface area contributed by atoms with E-state index in [1.165, 1.54) is 12.1 Å². The third-order valence-electron chi connectivity index (χ3n) is 2.38.